The van der Waals surface area contributed by atoms with Crippen LogP contribution in [0, 0.1) is 83.0 Å². The average Bonchev–Trinajstić information content (AvgIpc) is 3.28. The van der Waals surface area contributed by atoms with Gasteiger partial charge in [-0.25, -0.2) is 18.3 Å². The molecule has 328 valence electrons. The van der Waals surface area contributed by atoms with Crippen molar-refractivity contribution in [1.82, 2.24) is 0 Å². The van der Waals surface area contributed by atoms with E-state index in [0.29, 0.717) is 5.56 Å². The Balaban J connectivity index is 0.000000168. The lowest BCUT2D eigenvalue weighted by atomic mass is 9.96. The Hall–Kier alpha value is -6.52. The highest BCUT2D eigenvalue weighted by atomic mass is 14.9. The van der Waals surface area contributed by atoms with Crippen LogP contribution >= 0.6 is 0 Å². The minimum absolute atomic E-state index is 0.437. The summed E-state index contributed by atoms with van der Waals surface area (Å²) >= 11 is 0. The summed E-state index contributed by atoms with van der Waals surface area (Å²) in [7, 11) is 8.25. The van der Waals surface area contributed by atoms with E-state index in [9.17, 15) is 0 Å². The normalized spacial score (nSPS) is 11.4. The highest BCUT2D eigenvalue weighted by Crippen LogP contribution is 2.28. The lowest BCUT2D eigenvalue weighted by Crippen LogP contribution is -2.30. The molecule has 8 rings (SSSR count). The maximum atomic E-state index is 7.56. The Morgan fingerprint density at radius 2 is 0.609 bits per heavy atom. The molecule has 0 aliphatic heterocycles. The number of pyridine rings is 4. The van der Waals surface area contributed by atoms with E-state index in [0.717, 1.165) is 22.4 Å². The van der Waals surface area contributed by atoms with Crippen molar-refractivity contribution < 1.29 is 22.4 Å². The van der Waals surface area contributed by atoms with Crippen LogP contribution in [0.2, 0.25) is 0 Å². The molecule has 4 heteroatoms. The summed E-state index contributed by atoms with van der Waals surface area (Å²) < 4.78 is 31.2. The largest absolute Gasteiger partial charge is 0.212 e. The fraction of sp³-hybridized carbons (Fsp3) is 0.267. The first kappa shape index (κ1) is 44.1. The first-order valence-electron chi connectivity index (χ1n) is 23.8. The van der Waals surface area contributed by atoms with Crippen molar-refractivity contribution in [2.75, 3.05) is 0 Å². The van der Waals surface area contributed by atoms with E-state index >= 15 is 0 Å². The van der Waals surface area contributed by atoms with Crippen LogP contribution in [0.15, 0.2) is 146 Å². The molecule has 0 N–H and O–H groups in total. The topological polar surface area (TPSA) is 15.5 Å². The molecule has 0 radical (unpaired) electrons. The second-order valence-corrected chi connectivity index (χ2v) is 17.4. The van der Waals surface area contributed by atoms with E-state index in [1.807, 2.05) is 55.9 Å². The van der Waals surface area contributed by atoms with Gasteiger partial charge in [0.15, 0.2) is 24.8 Å². The Morgan fingerprint density at radius 1 is 0.297 bits per heavy atom. The molecule has 64 heavy (non-hydrogen) atoms. The standard InChI is InChI=1S/4C15H18N/c2*1-11-8-9-14(13(3)12(11)2)15-7-5-6-10-16(15)4;2*1-11-9-12(2)13(3)14(10-11)15-7-5-6-8-16(15)4/h4*5-10H,1-4H3/q4*+1/i1D3;;;. The van der Waals surface area contributed by atoms with Gasteiger partial charge in [-0.3, -0.25) is 0 Å². The number of aryl methyl sites for hydroxylation is 10. The number of aromatic nitrogens is 4. The molecule has 0 unspecified atom stereocenters. The summed E-state index contributed by atoms with van der Waals surface area (Å²) in [6.45, 7) is 21.4. The van der Waals surface area contributed by atoms with Crippen LogP contribution in [0.1, 0.15) is 70.9 Å². The first-order chi connectivity index (χ1) is 31.6. The Morgan fingerprint density at radius 3 is 0.938 bits per heavy atom. The van der Waals surface area contributed by atoms with Crippen LogP contribution in [-0.4, -0.2) is 0 Å². The third-order valence-electron chi connectivity index (χ3n) is 12.8. The molecule has 0 amide bonds. The Kier molecular flexibility index (Phi) is 15.0. The van der Waals surface area contributed by atoms with E-state index < -0.39 is 6.85 Å². The van der Waals surface area contributed by atoms with Gasteiger partial charge in [-0.15, -0.1) is 0 Å². The summed E-state index contributed by atoms with van der Waals surface area (Å²) in [6, 6.07) is 42.0. The van der Waals surface area contributed by atoms with Gasteiger partial charge >= 0.3 is 0 Å². The number of hydrogen-bond acceptors (Lipinski definition) is 0. The van der Waals surface area contributed by atoms with Gasteiger partial charge in [-0.1, -0.05) is 35.4 Å². The molecule has 0 fully saturated rings. The van der Waals surface area contributed by atoms with Gasteiger partial charge < -0.3 is 0 Å². The second kappa shape index (κ2) is 21.7. The van der Waals surface area contributed by atoms with Gasteiger partial charge in [0.1, 0.15) is 28.2 Å². The van der Waals surface area contributed by atoms with E-state index in [1.165, 1.54) is 83.8 Å². The third-order valence-corrected chi connectivity index (χ3v) is 12.8. The minimum Gasteiger partial charge on any atom is -0.201 e. The molecule has 4 heterocycles. The lowest BCUT2D eigenvalue weighted by molar-refractivity contribution is -0.660. The summed E-state index contributed by atoms with van der Waals surface area (Å²) in [5, 5.41) is 0. The zero-order valence-electron chi connectivity index (χ0n) is 44.1. The minimum atomic E-state index is -2.05. The molecule has 0 saturated carbocycles. The summed E-state index contributed by atoms with van der Waals surface area (Å²) in [4.78, 5) is 0. The molecule has 4 aromatic carbocycles. The predicted octanol–water partition coefficient (Wildman–Crippen LogP) is 12.4. The maximum absolute atomic E-state index is 7.56. The lowest BCUT2D eigenvalue weighted by Gasteiger charge is -2.09. The van der Waals surface area contributed by atoms with Gasteiger partial charge in [0.2, 0.25) is 22.8 Å². The highest BCUT2D eigenvalue weighted by molar-refractivity contribution is 5.66. The molecule has 0 aliphatic rings. The third kappa shape index (κ3) is 11.5. The smallest absolute Gasteiger partial charge is 0.201 e. The molecule has 0 bridgehead atoms. The summed E-state index contributed by atoms with van der Waals surface area (Å²) in [5.41, 5.74) is 24.5. The summed E-state index contributed by atoms with van der Waals surface area (Å²) in [6.07, 6.45) is 8.25. The number of rotatable bonds is 4. The molecule has 0 atom stereocenters. The first-order valence-corrected chi connectivity index (χ1v) is 22.3. The van der Waals surface area contributed by atoms with Gasteiger partial charge in [0.25, 0.3) is 0 Å². The zero-order valence-corrected chi connectivity index (χ0v) is 41.1. The molecule has 8 aromatic rings. The van der Waals surface area contributed by atoms with Gasteiger partial charge in [0, 0.05) is 74.9 Å². The SMILES string of the molecule is Cc1cc(C)c(C)c(-c2cccc[n+]2C)c1.Cc1cc(C)c(C)c(-c2cccc[n+]2C)c1.Cc1ccc(-c2cccc[n+]2C)c(C)c1C.[2H]C([2H])([2H])c1ccc(-c2cccc[n+]2C)c(C)c1C. The predicted molar refractivity (Wildman–Crippen MR) is 269 cm³/mol. The van der Waals surface area contributed by atoms with Gasteiger partial charge in [0.05, 0.1) is 0 Å². The van der Waals surface area contributed by atoms with Crippen LogP contribution < -0.4 is 18.3 Å². The number of nitrogens with zero attached hydrogens (tertiary/aromatic N) is 4. The zero-order chi connectivity index (χ0) is 49.3. The van der Waals surface area contributed by atoms with Crippen LogP contribution in [-0.2, 0) is 28.2 Å². The van der Waals surface area contributed by atoms with Gasteiger partial charge in [-0.05, 0) is 187 Å². The second-order valence-electron chi connectivity index (χ2n) is 17.4. The molecule has 0 aliphatic carbocycles. The molecule has 0 spiro atoms. The average molecular weight is 852 g/mol. The van der Waals surface area contributed by atoms with E-state index in [1.54, 1.807) is 6.07 Å². The van der Waals surface area contributed by atoms with Crippen LogP contribution in [0.3, 0.4) is 0 Å². The van der Waals surface area contributed by atoms with Crippen LogP contribution in [0.5, 0.6) is 0 Å². The molecular weight excluding hydrogens is 777 g/mol. The molecule has 4 aromatic heterocycles. The van der Waals surface area contributed by atoms with E-state index in [2.05, 4.69) is 207 Å². The van der Waals surface area contributed by atoms with Gasteiger partial charge in [-0.2, -0.15) is 0 Å². The Bertz CT molecular complexity index is 2920. The van der Waals surface area contributed by atoms with E-state index in [-0.39, 0.29) is 0 Å². The quantitative estimate of drug-likeness (QED) is 0.157. The molecular formula is C60H72N4+4. The van der Waals surface area contributed by atoms with Crippen molar-refractivity contribution >= 4 is 0 Å². The van der Waals surface area contributed by atoms with E-state index in [4.69, 9.17) is 4.11 Å². The van der Waals surface area contributed by atoms with Crippen molar-refractivity contribution in [3.8, 4) is 45.0 Å². The molecule has 0 saturated heterocycles. The fourth-order valence-corrected chi connectivity index (χ4v) is 8.16. The van der Waals surface area contributed by atoms with Crippen molar-refractivity contribution in [3.05, 3.63) is 213 Å². The summed E-state index contributed by atoms with van der Waals surface area (Å²) in [5.74, 6) is 0. The fourth-order valence-electron chi connectivity index (χ4n) is 8.16. The van der Waals surface area contributed by atoms with Crippen molar-refractivity contribution in [2.45, 2.75) is 83.0 Å². The van der Waals surface area contributed by atoms with Crippen LogP contribution in [0.4, 0.5) is 0 Å². The number of benzene rings is 4. The Labute approximate surface area is 390 Å². The van der Waals surface area contributed by atoms with Crippen molar-refractivity contribution in [2.24, 2.45) is 28.2 Å². The highest BCUT2D eigenvalue weighted by Gasteiger charge is 2.16. The number of hydrogen-bond donors (Lipinski definition) is 0. The van der Waals surface area contributed by atoms with Crippen molar-refractivity contribution in [3.63, 3.8) is 0 Å². The monoisotopic (exact) mass is 852 g/mol. The van der Waals surface area contributed by atoms with Crippen LogP contribution in [0.25, 0.3) is 45.0 Å². The molecule has 4 nitrogen and oxygen atoms in total. The van der Waals surface area contributed by atoms with Crippen molar-refractivity contribution in [1.29, 1.82) is 0 Å². The maximum Gasteiger partial charge on any atom is 0.212 e.